The molecule has 0 saturated heterocycles. The molecule has 0 atom stereocenters. The SMILES string of the molecule is COc1cc2ncnc(Nc3ccc(F)c(Cl)c3)c2cc1OC1CCC(C=NS(=O)(=O)CCCCl)CC1. The van der Waals surface area contributed by atoms with E-state index in [-0.39, 0.29) is 22.8 Å². The smallest absolute Gasteiger partial charge is 0.252 e. The van der Waals surface area contributed by atoms with Crippen LogP contribution in [0.3, 0.4) is 0 Å². The maximum absolute atomic E-state index is 13.6. The first kappa shape index (κ1) is 27.3. The minimum absolute atomic E-state index is 0.00237. The number of anilines is 2. The molecule has 0 unspecified atom stereocenters. The molecular formula is C25H27Cl2FN4O4S. The van der Waals surface area contributed by atoms with Crippen molar-refractivity contribution in [2.45, 2.75) is 38.2 Å². The highest BCUT2D eigenvalue weighted by Crippen LogP contribution is 2.37. The van der Waals surface area contributed by atoms with E-state index in [9.17, 15) is 12.8 Å². The van der Waals surface area contributed by atoms with Crippen LogP contribution in [0.2, 0.25) is 5.02 Å². The number of rotatable bonds is 10. The Bertz CT molecular complexity index is 1380. The Balaban J connectivity index is 1.48. The lowest BCUT2D eigenvalue weighted by Gasteiger charge is -2.27. The molecule has 4 rings (SSSR count). The number of sulfonamides is 1. The van der Waals surface area contributed by atoms with Crippen LogP contribution >= 0.6 is 23.2 Å². The molecule has 1 fully saturated rings. The van der Waals surface area contributed by atoms with Gasteiger partial charge in [0.15, 0.2) is 11.5 Å². The summed E-state index contributed by atoms with van der Waals surface area (Å²) in [5, 5.41) is 3.86. The van der Waals surface area contributed by atoms with E-state index in [4.69, 9.17) is 32.7 Å². The third-order valence-electron chi connectivity index (χ3n) is 6.08. The largest absolute Gasteiger partial charge is 0.493 e. The average Bonchev–Trinajstić information content (AvgIpc) is 2.89. The van der Waals surface area contributed by atoms with Gasteiger partial charge in [-0.25, -0.2) is 22.8 Å². The number of hydrogen-bond donors (Lipinski definition) is 1. The van der Waals surface area contributed by atoms with Crippen LogP contribution in [-0.4, -0.2) is 49.4 Å². The van der Waals surface area contributed by atoms with Crippen LogP contribution in [0, 0.1) is 11.7 Å². The van der Waals surface area contributed by atoms with Crippen molar-refractivity contribution < 1.29 is 22.3 Å². The van der Waals surface area contributed by atoms with E-state index in [1.165, 1.54) is 18.5 Å². The Labute approximate surface area is 225 Å². The average molecular weight is 569 g/mol. The highest BCUT2D eigenvalue weighted by molar-refractivity contribution is 7.90. The molecule has 8 nitrogen and oxygen atoms in total. The van der Waals surface area contributed by atoms with Crippen LogP contribution in [0.25, 0.3) is 10.9 Å². The van der Waals surface area contributed by atoms with Gasteiger partial charge >= 0.3 is 0 Å². The fourth-order valence-electron chi connectivity index (χ4n) is 4.13. The van der Waals surface area contributed by atoms with Gasteiger partial charge in [-0.05, 0) is 62.3 Å². The van der Waals surface area contributed by atoms with Crippen molar-refractivity contribution >= 4 is 61.8 Å². The van der Waals surface area contributed by atoms with Crippen molar-refractivity contribution in [3.8, 4) is 11.5 Å². The molecule has 1 heterocycles. The van der Waals surface area contributed by atoms with E-state index in [1.807, 2.05) is 6.07 Å². The topological polar surface area (TPSA) is 103 Å². The molecule has 0 aliphatic heterocycles. The van der Waals surface area contributed by atoms with E-state index in [0.29, 0.717) is 46.2 Å². The molecule has 0 amide bonds. The Morgan fingerprint density at radius 2 is 1.95 bits per heavy atom. The van der Waals surface area contributed by atoms with Gasteiger partial charge in [-0.1, -0.05) is 11.6 Å². The minimum atomic E-state index is -3.47. The summed E-state index contributed by atoms with van der Waals surface area (Å²) < 4.78 is 53.2. The molecule has 2 aromatic carbocycles. The summed E-state index contributed by atoms with van der Waals surface area (Å²) in [6.45, 7) is 0. The van der Waals surface area contributed by atoms with Crippen LogP contribution < -0.4 is 14.8 Å². The van der Waals surface area contributed by atoms with E-state index in [1.54, 1.807) is 25.5 Å². The molecule has 12 heteroatoms. The zero-order valence-electron chi connectivity index (χ0n) is 20.2. The second-order valence-corrected chi connectivity index (χ2v) is 11.3. The summed E-state index contributed by atoms with van der Waals surface area (Å²) in [6, 6.07) is 7.93. The van der Waals surface area contributed by atoms with Crippen molar-refractivity contribution in [3.63, 3.8) is 0 Å². The number of alkyl halides is 1. The van der Waals surface area contributed by atoms with Gasteiger partial charge in [-0.15, -0.1) is 11.6 Å². The Morgan fingerprint density at radius 1 is 1.16 bits per heavy atom. The summed E-state index contributed by atoms with van der Waals surface area (Å²) in [5.41, 5.74) is 1.22. The first-order valence-electron chi connectivity index (χ1n) is 11.8. The van der Waals surface area contributed by atoms with Crippen LogP contribution in [0.4, 0.5) is 15.9 Å². The van der Waals surface area contributed by atoms with E-state index >= 15 is 0 Å². The van der Waals surface area contributed by atoms with Crippen molar-refractivity contribution in [2.24, 2.45) is 10.3 Å². The molecule has 1 N–H and O–H groups in total. The molecule has 3 aromatic rings. The summed E-state index contributed by atoms with van der Waals surface area (Å²) in [4.78, 5) is 8.68. The second-order valence-electron chi connectivity index (χ2n) is 8.73. The molecule has 198 valence electrons. The van der Waals surface area contributed by atoms with E-state index in [2.05, 4.69) is 19.7 Å². The summed E-state index contributed by atoms with van der Waals surface area (Å²) >= 11 is 11.5. The number of aromatic nitrogens is 2. The molecule has 1 aliphatic rings. The fourth-order valence-corrected chi connectivity index (χ4v) is 5.57. The number of ether oxygens (including phenoxy) is 2. The monoisotopic (exact) mass is 568 g/mol. The number of fused-ring (bicyclic) bond motifs is 1. The zero-order chi connectivity index (χ0) is 26.4. The predicted octanol–water partition coefficient (Wildman–Crippen LogP) is 6.14. The number of nitrogens with one attached hydrogen (secondary N) is 1. The lowest BCUT2D eigenvalue weighted by atomic mass is 9.88. The van der Waals surface area contributed by atoms with Crippen LogP contribution in [0.15, 0.2) is 41.1 Å². The minimum Gasteiger partial charge on any atom is -0.493 e. The van der Waals surface area contributed by atoms with E-state index in [0.717, 1.165) is 25.7 Å². The van der Waals surface area contributed by atoms with Gasteiger partial charge in [-0.2, -0.15) is 4.40 Å². The van der Waals surface area contributed by atoms with Gasteiger partial charge in [0.05, 0.1) is 29.5 Å². The Hall–Kier alpha value is -2.69. The quantitative estimate of drug-likeness (QED) is 0.231. The number of nitrogens with zero attached hydrogens (tertiary/aromatic N) is 3. The van der Waals surface area contributed by atoms with Crippen LogP contribution in [0.1, 0.15) is 32.1 Å². The molecular weight excluding hydrogens is 542 g/mol. The number of halogens is 3. The van der Waals surface area contributed by atoms with Crippen molar-refractivity contribution in [2.75, 3.05) is 24.1 Å². The lowest BCUT2D eigenvalue weighted by Crippen LogP contribution is -2.25. The zero-order valence-corrected chi connectivity index (χ0v) is 22.5. The Morgan fingerprint density at radius 3 is 2.65 bits per heavy atom. The number of benzene rings is 2. The standard InChI is InChI=1S/C25H27Cl2FN4O4S/c1-35-23-13-22-19(25(30-15-29-22)32-17-5-8-21(28)20(27)11-17)12-24(23)36-18-6-3-16(4-7-18)14-31-37(33,34)10-2-9-26/h5,8,11-16,18H,2-4,6-7,9-10H2,1H3,(H,29,30,32). The molecule has 0 spiro atoms. The normalized spacial score (nSPS) is 18.3. The van der Waals surface area contributed by atoms with Gasteiger partial charge in [0.2, 0.25) is 0 Å². The van der Waals surface area contributed by atoms with Gasteiger partial charge in [0, 0.05) is 29.2 Å². The summed E-state index contributed by atoms with van der Waals surface area (Å²) in [5.74, 6) is 1.42. The molecule has 0 radical (unpaired) electrons. The number of methoxy groups -OCH3 is 1. The van der Waals surface area contributed by atoms with E-state index < -0.39 is 15.8 Å². The first-order chi connectivity index (χ1) is 17.8. The maximum Gasteiger partial charge on any atom is 0.252 e. The van der Waals surface area contributed by atoms with Crippen LogP contribution in [-0.2, 0) is 10.0 Å². The van der Waals surface area contributed by atoms with Gasteiger partial charge in [-0.3, -0.25) is 0 Å². The van der Waals surface area contributed by atoms with Gasteiger partial charge in [0.25, 0.3) is 10.0 Å². The maximum atomic E-state index is 13.6. The molecule has 1 aromatic heterocycles. The van der Waals surface area contributed by atoms with Crippen LogP contribution in [0.5, 0.6) is 11.5 Å². The molecule has 37 heavy (non-hydrogen) atoms. The summed E-state index contributed by atoms with van der Waals surface area (Å²) in [6.07, 6.45) is 6.29. The molecule has 0 bridgehead atoms. The molecule has 1 aliphatic carbocycles. The third-order valence-corrected chi connectivity index (χ3v) is 7.89. The van der Waals surface area contributed by atoms with Crippen molar-refractivity contribution in [1.29, 1.82) is 0 Å². The third kappa shape index (κ3) is 7.21. The van der Waals surface area contributed by atoms with Gasteiger partial charge < -0.3 is 14.8 Å². The fraction of sp³-hybridized carbons (Fsp3) is 0.400. The Kier molecular flexibility index (Phi) is 9.04. The van der Waals surface area contributed by atoms with Crippen molar-refractivity contribution in [3.05, 3.63) is 47.5 Å². The predicted molar refractivity (Wildman–Crippen MR) is 145 cm³/mol. The molecule has 1 saturated carbocycles. The highest BCUT2D eigenvalue weighted by Gasteiger charge is 2.24. The second kappa shape index (κ2) is 12.2. The number of hydrogen-bond acceptors (Lipinski definition) is 7. The lowest BCUT2D eigenvalue weighted by molar-refractivity contribution is 0.141. The van der Waals surface area contributed by atoms with Gasteiger partial charge in [0.1, 0.15) is 18.0 Å². The first-order valence-corrected chi connectivity index (χ1v) is 14.4. The summed E-state index contributed by atoms with van der Waals surface area (Å²) in [7, 11) is -1.91. The highest BCUT2D eigenvalue weighted by atomic mass is 35.5. The van der Waals surface area contributed by atoms with Crippen molar-refractivity contribution in [1.82, 2.24) is 9.97 Å².